The number of carbonyl (C=O) groups is 2. The van der Waals surface area contributed by atoms with E-state index in [0.717, 1.165) is 11.3 Å². The van der Waals surface area contributed by atoms with Crippen molar-refractivity contribution >= 4 is 12.1 Å². The third-order valence-corrected chi connectivity index (χ3v) is 3.23. The predicted molar refractivity (Wildman–Crippen MR) is 100 cm³/mol. The molecule has 0 aliphatic heterocycles. The number of ether oxygens (including phenoxy) is 3. The van der Waals surface area contributed by atoms with Crippen LogP contribution in [0.4, 0.5) is 4.79 Å². The summed E-state index contributed by atoms with van der Waals surface area (Å²) in [4.78, 5) is 24.0. The van der Waals surface area contributed by atoms with Gasteiger partial charge in [-0.05, 0) is 51.3 Å². The lowest BCUT2D eigenvalue weighted by Gasteiger charge is -2.23. The van der Waals surface area contributed by atoms with E-state index in [2.05, 4.69) is 19.2 Å². The number of hydrogen-bond acceptors (Lipinski definition) is 5. The lowest BCUT2D eigenvalue weighted by molar-refractivity contribution is -0.143. The van der Waals surface area contributed by atoms with Crippen molar-refractivity contribution in [1.82, 2.24) is 5.32 Å². The Bertz CT molecular complexity index is 575. The first-order chi connectivity index (χ1) is 12.1. The van der Waals surface area contributed by atoms with Crippen LogP contribution in [0.25, 0.3) is 0 Å². The molecule has 0 aliphatic carbocycles. The number of alkyl carbamates (subject to hydrolysis) is 1. The van der Waals surface area contributed by atoms with Crippen molar-refractivity contribution in [2.45, 2.75) is 59.6 Å². The Morgan fingerprint density at radius 2 is 1.73 bits per heavy atom. The van der Waals surface area contributed by atoms with Crippen LogP contribution in [0.2, 0.25) is 0 Å². The van der Waals surface area contributed by atoms with E-state index in [4.69, 9.17) is 14.2 Å². The quantitative estimate of drug-likeness (QED) is 0.698. The van der Waals surface area contributed by atoms with E-state index in [1.807, 2.05) is 24.3 Å². The number of carbonyl (C=O) groups excluding carboxylic acids is 2. The van der Waals surface area contributed by atoms with Crippen LogP contribution < -0.4 is 10.1 Å². The van der Waals surface area contributed by atoms with Crippen LogP contribution >= 0.6 is 0 Å². The second kappa shape index (κ2) is 10.0. The van der Waals surface area contributed by atoms with Gasteiger partial charge in [-0.15, -0.1) is 0 Å². The van der Waals surface area contributed by atoms with Crippen LogP contribution in [0.5, 0.6) is 5.75 Å². The van der Waals surface area contributed by atoms with Gasteiger partial charge in [0.15, 0.2) is 0 Å². The summed E-state index contributed by atoms with van der Waals surface area (Å²) in [6.07, 6.45) is -0.550. The predicted octanol–water partition coefficient (Wildman–Crippen LogP) is 4.24. The van der Waals surface area contributed by atoms with Gasteiger partial charge < -0.3 is 19.5 Å². The molecule has 6 heteroatoms. The molecule has 0 saturated heterocycles. The Balaban J connectivity index is 2.86. The van der Waals surface area contributed by atoms with Gasteiger partial charge in [0.2, 0.25) is 0 Å². The minimum Gasteiger partial charge on any atom is -0.493 e. The van der Waals surface area contributed by atoms with Gasteiger partial charge in [0.05, 0.1) is 25.7 Å². The fourth-order valence-electron chi connectivity index (χ4n) is 2.15. The topological polar surface area (TPSA) is 73.9 Å². The molecular weight excluding hydrogens is 334 g/mol. The molecule has 1 amide bonds. The summed E-state index contributed by atoms with van der Waals surface area (Å²) in [5.74, 6) is 0.795. The van der Waals surface area contributed by atoms with E-state index in [1.165, 1.54) is 0 Å². The van der Waals surface area contributed by atoms with Crippen LogP contribution in [0, 0.1) is 5.92 Å². The van der Waals surface area contributed by atoms with Gasteiger partial charge in [0, 0.05) is 0 Å². The van der Waals surface area contributed by atoms with Gasteiger partial charge >= 0.3 is 12.1 Å². The Morgan fingerprint density at radius 1 is 1.12 bits per heavy atom. The largest absolute Gasteiger partial charge is 0.493 e. The van der Waals surface area contributed by atoms with E-state index < -0.39 is 17.7 Å². The number of nitrogens with one attached hydrogen (secondary N) is 1. The third kappa shape index (κ3) is 8.74. The Kier molecular flexibility index (Phi) is 8.42. The van der Waals surface area contributed by atoms with E-state index in [-0.39, 0.29) is 12.4 Å². The maximum Gasteiger partial charge on any atom is 0.408 e. The van der Waals surface area contributed by atoms with E-state index in [9.17, 15) is 9.59 Å². The second-order valence-corrected chi connectivity index (χ2v) is 7.48. The number of rotatable bonds is 8. The lowest BCUT2D eigenvalue weighted by atomic mass is 10.0. The van der Waals surface area contributed by atoms with Gasteiger partial charge in [-0.3, -0.25) is 4.79 Å². The SMILES string of the molecule is CCOC(=O)CC(NC(=O)OC(C)(C)C)c1ccc(OCC(C)C)cc1. The average molecular weight is 365 g/mol. The zero-order valence-electron chi connectivity index (χ0n) is 16.6. The summed E-state index contributed by atoms with van der Waals surface area (Å²) in [5.41, 5.74) is 0.161. The summed E-state index contributed by atoms with van der Waals surface area (Å²) in [6, 6.07) is 6.77. The normalized spacial score (nSPS) is 12.4. The van der Waals surface area contributed by atoms with Crippen LogP contribution in [0.15, 0.2) is 24.3 Å². The van der Waals surface area contributed by atoms with Crippen LogP contribution in [0.3, 0.4) is 0 Å². The zero-order valence-corrected chi connectivity index (χ0v) is 16.6. The Labute approximate surface area is 156 Å². The molecule has 1 atom stereocenters. The molecule has 0 aromatic heterocycles. The van der Waals surface area contributed by atoms with Crippen molar-refractivity contribution < 1.29 is 23.8 Å². The Hall–Kier alpha value is -2.24. The summed E-state index contributed by atoms with van der Waals surface area (Å²) in [7, 11) is 0. The molecular formula is C20H31NO5. The molecule has 1 aromatic carbocycles. The van der Waals surface area contributed by atoms with Gasteiger partial charge in [0.1, 0.15) is 11.4 Å². The second-order valence-electron chi connectivity index (χ2n) is 7.48. The van der Waals surface area contributed by atoms with Gasteiger partial charge in [-0.1, -0.05) is 26.0 Å². The standard InChI is InChI=1S/C20H31NO5/c1-7-24-18(22)12-17(21-19(23)26-20(4,5)6)15-8-10-16(11-9-15)25-13-14(2)3/h8-11,14,17H,7,12-13H2,1-6H3,(H,21,23). The molecule has 0 spiro atoms. The first kappa shape index (κ1) is 21.8. The molecule has 0 heterocycles. The molecule has 0 saturated carbocycles. The lowest BCUT2D eigenvalue weighted by Crippen LogP contribution is -2.36. The molecule has 1 N–H and O–H groups in total. The first-order valence-corrected chi connectivity index (χ1v) is 8.98. The van der Waals surface area contributed by atoms with Crippen molar-refractivity contribution in [3.05, 3.63) is 29.8 Å². The van der Waals surface area contributed by atoms with Crippen molar-refractivity contribution in [2.75, 3.05) is 13.2 Å². The molecule has 26 heavy (non-hydrogen) atoms. The first-order valence-electron chi connectivity index (χ1n) is 8.98. The van der Waals surface area contributed by atoms with Crippen molar-refractivity contribution in [3.63, 3.8) is 0 Å². The summed E-state index contributed by atoms with van der Waals surface area (Å²) in [5, 5.41) is 2.75. The summed E-state index contributed by atoms with van der Waals surface area (Å²) >= 11 is 0. The molecule has 0 fully saturated rings. The number of hydrogen-bond donors (Lipinski definition) is 1. The fraction of sp³-hybridized carbons (Fsp3) is 0.600. The minimum absolute atomic E-state index is 0.0271. The fourth-order valence-corrected chi connectivity index (χ4v) is 2.15. The Morgan fingerprint density at radius 3 is 2.23 bits per heavy atom. The number of amides is 1. The zero-order chi connectivity index (χ0) is 19.7. The molecule has 6 nitrogen and oxygen atoms in total. The van der Waals surface area contributed by atoms with E-state index in [0.29, 0.717) is 19.1 Å². The van der Waals surface area contributed by atoms with Crippen molar-refractivity contribution in [3.8, 4) is 5.75 Å². The molecule has 146 valence electrons. The molecule has 1 rings (SSSR count). The highest BCUT2D eigenvalue weighted by Gasteiger charge is 2.23. The highest BCUT2D eigenvalue weighted by Crippen LogP contribution is 2.22. The summed E-state index contributed by atoms with van der Waals surface area (Å²) < 4.78 is 16.0. The smallest absolute Gasteiger partial charge is 0.408 e. The van der Waals surface area contributed by atoms with Crippen molar-refractivity contribution in [2.24, 2.45) is 5.92 Å². The molecule has 0 aliphatic rings. The highest BCUT2D eigenvalue weighted by atomic mass is 16.6. The molecule has 0 radical (unpaired) electrons. The van der Waals surface area contributed by atoms with Gasteiger partial charge in [-0.25, -0.2) is 4.79 Å². The molecule has 1 aromatic rings. The average Bonchev–Trinajstić information content (AvgIpc) is 2.51. The molecule has 0 bridgehead atoms. The minimum atomic E-state index is -0.618. The van der Waals surface area contributed by atoms with E-state index >= 15 is 0 Å². The molecule has 1 unspecified atom stereocenters. The number of benzene rings is 1. The van der Waals surface area contributed by atoms with Gasteiger partial charge in [0.25, 0.3) is 0 Å². The third-order valence-electron chi connectivity index (χ3n) is 3.23. The van der Waals surface area contributed by atoms with Crippen molar-refractivity contribution in [1.29, 1.82) is 0 Å². The number of esters is 1. The highest BCUT2D eigenvalue weighted by molar-refractivity contribution is 5.73. The maximum absolute atomic E-state index is 12.1. The maximum atomic E-state index is 12.1. The van der Waals surface area contributed by atoms with Gasteiger partial charge in [-0.2, -0.15) is 0 Å². The van der Waals surface area contributed by atoms with Crippen LogP contribution in [-0.2, 0) is 14.3 Å². The van der Waals surface area contributed by atoms with Crippen LogP contribution in [0.1, 0.15) is 59.6 Å². The van der Waals surface area contributed by atoms with Crippen LogP contribution in [-0.4, -0.2) is 30.9 Å². The van der Waals surface area contributed by atoms with E-state index in [1.54, 1.807) is 27.7 Å². The summed E-state index contributed by atoms with van der Waals surface area (Å²) in [6.45, 7) is 12.2. The monoisotopic (exact) mass is 365 g/mol.